The number of nitrogens with zero attached hydrogens (tertiary/aromatic N) is 2. The quantitative estimate of drug-likeness (QED) is 0.166. The van der Waals surface area contributed by atoms with E-state index >= 15 is 0 Å². The Kier molecular flexibility index (Phi) is 7.38. The van der Waals surface area contributed by atoms with Crippen molar-refractivity contribution in [3.8, 4) is 44.5 Å². The highest BCUT2D eigenvalue weighted by molar-refractivity contribution is 6.93. The Morgan fingerprint density at radius 3 is 1.74 bits per heavy atom. The molecule has 3 aliphatic rings. The van der Waals surface area contributed by atoms with E-state index in [9.17, 15) is 0 Å². The van der Waals surface area contributed by atoms with Crippen LogP contribution >= 0.6 is 0 Å². The standard InChI is InChI=1S/C54H43BN2/c1-34-27-35(2)51(36(3)28-34)41-32-44-43-21-12-14-25-48(43)57(42-30-39(37-17-8-6-9-18-37)29-40(31-42)38-19-10-7-11-20-38)55-47-24-16-23-46-53(47)56(50(33-41)52(44)55)49-26-15-13-22-45(49)54(46,4)5/h6-33H,1-5H3. The van der Waals surface area contributed by atoms with Crippen LogP contribution in [0.4, 0.5) is 28.4 Å². The van der Waals surface area contributed by atoms with Crippen molar-refractivity contribution in [2.24, 2.45) is 0 Å². The molecule has 11 rings (SSSR count). The molecule has 0 aromatic heterocycles. The zero-order valence-electron chi connectivity index (χ0n) is 33.1. The molecule has 0 spiro atoms. The normalized spacial score (nSPS) is 14.1. The van der Waals surface area contributed by atoms with Crippen molar-refractivity contribution in [2.45, 2.75) is 40.0 Å². The van der Waals surface area contributed by atoms with E-state index in [1.54, 1.807) is 0 Å². The third-order valence-electron chi connectivity index (χ3n) is 12.8. The van der Waals surface area contributed by atoms with Gasteiger partial charge in [-0.3, -0.25) is 0 Å². The van der Waals surface area contributed by atoms with Crippen molar-refractivity contribution >= 4 is 46.2 Å². The summed E-state index contributed by atoms with van der Waals surface area (Å²) in [6.07, 6.45) is 0. The van der Waals surface area contributed by atoms with Crippen LogP contribution in [0.1, 0.15) is 41.7 Å². The van der Waals surface area contributed by atoms with Gasteiger partial charge in [0.2, 0.25) is 0 Å². The van der Waals surface area contributed by atoms with Crippen LogP contribution in [0.5, 0.6) is 0 Å². The highest BCUT2D eigenvalue weighted by Crippen LogP contribution is 2.55. The highest BCUT2D eigenvalue weighted by Gasteiger charge is 2.49. The summed E-state index contributed by atoms with van der Waals surface area (Å²) in [5.41, 5.74) is 25.4. The Morgan fingerprint density at radius 1 is 0.456 bits per heavy atom. The van der Waals surface area contributed by atoms with E-state index in [2.05, 4.69) is 214 Å². The number of para-hydroxylation sites is 3. The molecule has 0 saturated heterocycles. The third-order valence-corrected chi connectivity index (χ3v) is 12.8. The summed E-state index contributed by atoms with van der Waals surface area (Å²) in [4.78, 5) is 5.27. The predicted molar refractivity (Wildman–Crippen MR) is 243 cm³/mol. The fourth-order valence-corrected chi connectivity index (χ4v) is 10.5. The van der Waals surface area contributed by atoms with Crippen molar-refractivity contribution in [3.63, 3.8) is 0 Å². The second kappa shape index (κ2) is 12.5. The molecule has 0 radical (unpaired) electrons. The Balaban J connectivity index is 1.26. The van der Waals surface area contributed by atoms with Crippen LogP contribution in [0, 0.1) is 20.8 Å². The third kappa shape index (κ3) is 4.98. The summed E-state index contributed by atoms with van der Waals surface area (Å²) in [6, 6.07) is 63.8. The van der Waals surface area contributed by atoms with Crippen LogP contribution < -0.4 is 20.6 Å². The van der Waals surface area contributed by atoms with Crippen LogP contribution in [0.15, 0.2) is 170 Å². The molecule has 272 valence electrons. The molecule has 0 atom stereocenters. The predicted octanol–water partition coefficient (Wildman–Crippen LogP) is 13.0. The number of fused-ring (bicyclic) bond motifs is 6. The van der Waals surface area contributed by atoms with Gasteiger partial charge in [0, 0.05) is 33.7 Å². The van der Waals surface area contributed by atoms with Gasteiger partial charge in [-0.25, -0.2) is 0 Å². The van der Waals surface area contributed by atoms with Gasteiger partial charge in [-0.15, -0.1) is 0 Å². The molecule has 57 heavy (non-hydrogen) atoms. The largest absolute Gasteiger partial charge is 0.376 e. The van der Waals surface area contributed by atoms with Gasteiger partial charge in [0.25, 0.3) is 0 Å². The zero-order valence-corrected chi connectivity index (χ0v) is 33.1. The summed E-state index contributed by atoms with van der Waals surface area (Å²) >= 11 is 0. The number of anilines is 5. The van der Waals surface area contributed by atoms with Crippen molar-refractivity contribution in [1.29, 1.82) is 0 Å². The molecule has 0 N–H and O–H groups in total. The summed E-state index contributed by atoms with van der Waals surface area (Å²) in [5.74, 6) is 0. The molecule has 8 aromatic carbocycles. The lowest BCUT2D eigenvalue weighted by molar-refractivity contribution is 0.632. The van der Waals surface area contributed by atoms with Gasteiger partial charge in [-0.1, -0.05) is 147 Å². The summed E-state index contributed by atoms with van der Waals surface area (Å²) in [7, 11) is 0. The molecule has 0 saturated carbocycles. The van der Waals surface area contributed by atoms with Gasteiger partial charge in [0.15, 0.2) is 0 Å². The molecule has 0 bridgehead atoms. The van der Waals surface area contributed by atoms with Crippen molar-refractivity contribution in [2.75, 3.05) is 9.71 Å². The lowest BCUT2D eigenvalue weighted by Crippen LogP contribution is -2.62. The van der Waals surface area contributed by atoms with Gasteiger partial charge in [-0.05, 0) is 135 Å². The fourth-order valence-electron chi connectivity index (χ4n) is 10.5. The maximum Gasteiger partial charge on any atom is 0.333 e. The maximum atomic E-state index is 2.66. The number of aryl methyl sites for hydroxylation is 3. The lowest BCUT2D eigenvalue weighted by atomic mass is 9.42. The summed E-state index contributed by atoms with van der Waals surface area (Å²) < 4.78 is 0. The highest BCUT2D eigenvalue weighted by atomic mass is 15.2. The number of hydrogen-bond donors (Lipinski definition) is 0. The maximum absolute atomic E-state index is 2.66. The van der Waals surface area contributed by atoms with Gasteiger partial charge in [-0.2, -0.15) is 0 Å². The van der Waals surface area contributed by atoms with Gasteiger partial charge < -0.3 is 9.71 Å². The molecular weight excluding hydrogens is 687 g/mol. The SMILES string of the molecule is Cc1cc(C)c(-c2cc3c4c(c2)N2c5ccccc5C(C)(C)c5cccc(c52)B4N(c2cc(-c4ccccc4)cc(-c4ccccc4)c2)c2ccccc2-3)c(C)c1. The van der Waals surface area contributed by atoms with E-state index in [1.807, 2.05) is 0 Å². The topological polar surface area (TPSA) is 6.48 Å². The van der Waals surface area contributed by atoms with Crippen molar-refractivity contribution in [3.05, 3.63) is 198 Å². The molecule has 0 aliphatic carbocycles. The molecule has 0 amide bonds. The molecule has 3 heteroatoms. The van der Waals surface area contributed by atoms with Crippen molar-refractivity contribution in [1.82, 2.24) is 0 Å². The first kappa shape index (κ1) is 33.7. The minimum Gasteiger partial charge on any atom is -0.376 e. The van der Waals surface area contributed by atoms with Gasteiger partial charge in [0.05, 0.1) is 5.69 Å². The zero-order chi connectivity index (χ0) is 38.6. The van der Waals surface area contributed by atoms with Crippen LogP contribution in [0.25, 0.3) is 44.5 Å². The first-order chi connectivity index (χ1) is 27.8. The minimum absolute atomic E-state index is 0.0685. The molecule has 3 heterocycles. The minimum atomic E-state index is -0.189. The average Bonchev–Trinajstić information content (AvgIpc) is 3.23. The Morgan fingerprint density at radius 2 is 1.05 bits per heavy atom. The van der Waals surface area contributed by atoms with Crippen LogP contribution in [-0.2, 0) is 5.41 Å². The fraction of sp³-hybridized carbons (Fsp3) is 0.111. The molecule has 0 fully saturated rings. The molecule has 8 aromatic rings. The van der Waals surface area contributed by atoms with Gasteiger partial charge >= 0.3 is 6.85 Å². The second-order valence-corrected chi connectivity index (χ2v) is 16.7. The van der Waals surface area contributed by atoms with Crippen molar-refractivity contribution < 1.29 is 0 Å². The molecule has 3 aliphatic heterocycles. The summed E-state index contributed by atoms with van der Waals surface area (Å²) in [6.45, 7) is 11.5. The average molecular weight is 731 g/mol. The second-order valence-electron chi connectivity index (χ2n) is 16.7. The van der Waals surface area contributed by atoms with E-state index in [0.29, 0.717) is 0 Å². The molecule has 0 unspecified atom stereocenters. The smallest absolute Gasteiger partial charge is 0.333 e. The van der Waals surface area contributed by atoms with Crippen LogP contribution in [0.2, 0.25) is 0 Å². The Bertz CT molecular complexity index is 2850. The van der Waals surface area contributed by atoms with Crippen LogP contribution in [-0.4, -0.2) is 6.85 Å². The van der Waals surface area contributed by atoms with E-state index < -0.39 is 0 Å². The van der Waals surface area contributed by atoms with Gasteiger partial charge in [0.1, 0.15) is 0 Å². The Labute approximate surface area is 336 Å². The number of benzene rings is 8. The number of rotatable bonds is 4. The molecular formula is C54H43BN2. The van der Waals surface area contributed by atoms with E-state index in [1.165, 1.54) is 112 Å². The lowest BCUT2D eigenvalue weighted by Gasteiger charge is -2.50. The Hall–Kier alpha value is -6.58. The molecule has 2 nitrogen and oxygen atoms in total. The monoisotopic (exact) mass is 730 g/mol. The van der Waals surface area contributed by atoms with Crippen LogP contribution in [0.3, 0.4) is 0 Å². The van der Waals surface area contributed by atoms with E-state index in [0.717, 1.165) is 0 Å². The first-order valence-corrected chi connectivity index (χ1v) is 20.2. The summed E-state index contributed by atoms with van der Waals surface area (Å²) in [5, 5.41) is 0. The van der Waals surface area contributed by atoms with E-state index in [-0.39, 0.29) is 12.3 Å². The first-order valence-electron chi connectivity index (χ1n) is 20.2. The van der Waals surface area contributed by atoms with E-state index in [4.69, 9.17) is 0 Å². The number of hydrogen-bond acceptors (Lipinski definition) is 2.